The van der Waals surface area contributed by atoms with Gasteiger partial charge < -0.3 is 10.6 Å². The molecule has 2 bridgehead atoms. The molecule has 24 heavy (non-hydrogen) atoms. The Kier molecular flexibility index (Phi) is 4.62. The van der Waals surface area contributed by atoms with Crippen molar-refractivity contribution in [2.24, 2.45) is 5.92 Å². The molecule has 2 saturated heterocycles. The maximum absolute atomic E-state index is 12.5. The van der Waals surface area contributed by atoms with Gasteiger partial charge in [-0.25, -0.2) is 0 Å². The summed E-state index contributed by atoms with van der Waals surface area (Å²) >= 11 is 0. The Balaban J connectivity index is 1.34. The van der Waals surface area contributed by atoms with Gasteiger partial charge in [0.05, 0.1) is 0 Å². The number of hydrogen-bond donors (Lipinski definition) is 2. The summed E-state index contributed by atoms with van der Waals surface area (Å²) < 4.78 is 0. The summed E-state index contributed by atoms with van der Waals surface area (Å²) in [6.07, 6.45) is 10.7. The standard InChI is InChI=1S/C21H30N2O/c24-20(14-16-12-18-8-9-19(13-16)23-18)22-15-21(10-4-5-11-21)17-6-2-1-3-7-17/h1-3,6-7,16,18-19,23H,4-5,8-15H2,(H,22,24). The Morgan fingerprint density at radius 2 is 1.75 bits per heavy atom. The minimum atomic E-state index is 0.171. The second kappa shape index (κ2) is 6.87. The van der Waals surface area contributed by atoms with Gasteiger partial charge in [-0.3, -0.25) is 4.79 Å². The van der Waals surface area contributed by atoms with E-state index in [1.165, 1.54) is 56.9 Å². The molecule has 0 aromatic heterocycles. The Morgan fingerprint density at radius 1 is 1.08 bits per heavy atom. The Morgan fingerprint density at radius 3 is 2.42 bits per heavy atom. The smallest absolute Gasteiger partial charge is 0.220 e. The molecule has 3 aliphatic rings. The van der Waals surface area contributed by atoms with Crippen molar-refractivity contribution in [3.05, 3.63) is 35.9 Å². The molecule has 1 amide bonds. The summed E-state index contributed by atoms with van der Waals surface area (Å²) in [5.74, 6) is 0.850. The zero-order valence-corrected chi connectivity index (χ0v) is 14.6. The summed E-state index contributed by atoms with van der Waals surface area (Å²) in [6.45, 7) is 0.813. The summed E-state index contributed by atoms with van der Waals surface area (Å²) in [7, 11) is 0. The molecular weight excluding hydrogens is 296 g/mol. The normalized spacial score (nSPS) is 31.1. The van der Waals surface area contributed by atoms with Crippen LogP contribution in [0.15, 0.2) is 30.3 Å². The van der Waals surface area contributed by atoms with Crippen LogP contribution >= 0.6 is 0 Å². The summed E-state index contributed by atoms with van der Waals surface area (Å²) in [4.78, 5) is 12.5. The molecular formula is C21H30N2O. The molecule has 130 valence electrons. The molecule has 4 rings (SSSR count). The van der Waals surface area contributed by atoms with Crippen LogP contribution in [0.3, 0.4) is 0 Å². The molecule has 1 aromatic carbocycles. The van der Waals surface area contributed by atoms with Gasteiger partial charge in [0.15, 0.2) is 0 Å². The lowest BCUT2D eigenvalue weighted by molar-refractivity contribution is -0.122. The molecule has 0 spiro atoms. The molecule has 2 heterocycles. The highest BCUT2D eigenvalue weighted by Gasteiger charge is 2.37. The van der Waals surface area contributed by atoms with E-state index in [1.807, 2.05) is 0 Å². The Hall–Kier alpha value is -1.35. The topological polar surface area (TPSA) is 41.1 Å². The van der Waals surface area contributed by atoms with E-state index < -0.39 is 0 Å². The number of carbonyl (C=O) groups is 1. The van der Waals surface area contributed by atoms with E-state index in [4.69, 9.17) is 0 Å². The van der Waals surface area contributed by atoms with Gasteiger partial charge in [0, 0.05) is 30.5 Å². The van der Waals surface area contributed by atoms with Crippen molar-refractivity contribution in [3.8, 4) is 0 Å². The minimum Gasteiger partial charge on any atom is -0.355 e. The molecule has 2 aliphatic heterocycles. The third-order valence-corrected chi connectivity index (χ3v) is 6.62. The lowest BCUT2D eigenvalue weighted by Gasteiger charge is -2.31. The summed E-state index contributed by atoms with van der Waals surface area (Å²) in [6, 6.07) is 12.2. The SMILES string of the molecule is O=C(CC1CC2CCC(C1)N2)NCC1(c2ccccc2)CCCC1. The van der Waals surface area contributed by atoms with E-state index in [2.05, 4.69) is 41.0 Å². The average Bonchev–Trinajstić information content (AvgIpc) is 3.21. The molecule has 2 N–H and O–H groups in total. The Labute approximate surface area is 145 Å². The van der Waals surface area contributed by atoms with E-state index in [0.717, 1.165) is 13.0 Å². The lowest BCUT2D eigenvalue weighted by Crippen LogP contribution is -2.42. The second-order valence-electron chi connectivity index (χ2n) is 8.31. The van der Waals surface area contributed by atoms with E-state index in [1.54, 1.807) is 0 Å². The molecule has 1 aliphatic carbocycles. The monoisotopic (exact) mass is 326 g/mol. The lowest BCUT2D eigenvalue weighted by atomic mass is 9.78. The number of fused-ring (bicyclic) bond motifs is 2. The molecule has 3 heteroatoms. The number of rotatable bonds is 5. The fraction of sp³-hybridized carbons (Fsp3) is 0.667. The first-order valence-corrected chi connectivity index (χ1v) is 9.82. The van der Waals surface area contributed by atoms with Gasteiger partial charge in [-0.15, -0.1) is 0 Å². The van der Waals surface area contributed by atoms with Crippen LogP contribution in [-0.2, 0) is 10.2 Å². The third kappa shape index (κ3) is 3.37. The van der Waals surface area contributed by atoms with Crippen LogP contribution in [-0.4, -0.2) is 24.5 Å². The predicted molar refractivity (Wildman–Crippen MR) is 96.9 cm³/mol. The molecule has 3 fully saturated rings. The first-order valence-electron chi connectivity index (χ1n) is 9.82. The molecule has 0 radical (unpaired) electrons. The van der Waals surface area contributed by atoms with Crippen LogP contribution < -0.4 is 10.6 Å². The largest absolute Gasteiger partial charge is 0.355 e. The van der Waals surface area contributed by atoms with Crippen molar-refractivity contribution in [2.75, 3.05) is 6.54 Å². The van der Waals surface area contributed by atoms with Gasteiger partial charge in [-0.1, -0.05) is 43.2 Å². The second-order valence-corrected chi connectivity index (χ2v) is 8.31. The molecule has 1 aromatic rings. The van der Waals surface area contributed by atoms with Gasteiger partial charge in [-0.05, 0) is 50.0 Å². The van der Waals surface area contributed by atoms with E-state index in [0.29, 0.717) is 18.0 Å². The quantitative estimate of drug-likeness (QED) is 0.869. The molecule has 2 atom stereocenters. The number of nitrogens with one attached hydrogen (secondary N) is 2. The van der Waals surface area contributed by atoms with Crippen LogP contribution in [0.2, 0.25) is 0 Å². The highest BCUT2D eigenvalue weighted by molar-refractivity contribution is 5.76. The predicted octanol–water partition coefficient (Wildman–Crippen LogP) is 3.54. The van der Waals surface area contributed by atoms with Gasteiger partial charge >= 0.3 is 0 Å². The van der Waals surface area contributed by atoms with Gasteiger partial charge in [0.2, 0.25) is 5.91 Å². The van der Waals surface area contributed by atoms with Gasteiger partial charge in [-0.2, -0.15) is 0 Å². The highest BCUT2D eigenvalue weighted by Crippen LogP contribution is 2.40. The van der Waals surface area contributed by atoms with Crippen molar-refractivity contribution in [1.29, 1.82) is 0 Å². The molecule has 2 unspecified atom stereocenters. The number of carbonyl (C=O) groups excluding carboxylic acids is 1. The van der Waals surface area contributed by atoms with Gasteiger partial charge in [0.25, 0.3) is 0 Å². The Bertz CT molecular complexity index is 552. The fourth-order valence-corrected chi connectivity index (χ4v) is 5.35. The minimum absolute atomic E-state index is 0.171. The van der Waals surface area contributed by atoms with Crippen LogP contribution in [0.25, 0.3) is 0 Å². The van der Waals surface area contributed by atoms with Crippen molar-refractivity contribution in [2.45, 2.75) is 75.3 Å². The zero-order chi connectivity index (χ0) is 16.4. The number of amides is 1. The van der Waals surface area contributed by atoms with Gasteiger partial charge in [0.1, 0.15) is 0 Å². The van der Waals surface area contributed by atoms with E-state index in [9.17, 15) is 4.79 Å². The maximum Gasteiger partial charge on any atom is 0.220 e. The third-order valence-electron chi connectivity index (χ3n) is 6.62. The number of hydrogen-bond acceptors (Lipinski definition) is 2. The van der Waals surface area contributed by atoms with Crippen LogP contribution in [0.1, 0.15) is 63.4 Å². The number of piperidine rings is 1. The van der Waals surface area contributed by atoms with E-state index in [-0.39, 0.29) is 11.3 Å². The van der Waals surface area contributed by atoms with Crippen LogP contribution in [0, 0.1) is 5.92 Å². The number of benzene rings is 1. The summed E-state index contributed by atoms with van der Waals surface area (Å²) in [5, 5.41) is 6.97. The zero-order valence-electron chi connectivity index (χ0n) is 14.6. The van der Waals surface area contributed by atoms with E-state index >= 15 is 0 Å². The van der Waals surface area contributed by atoms with Crippen molar-refractivity contribution in [1.82, 2.24) is 10.6 Å². The molecule has 1 saturated carbocycles. The first-order chi connectivity index (χ1) is 11.7. The highest BCUT2D eigenvalue weighted by atomic mass is 16.1. The van der Waals surface area contributed by atoms with Crippen LogP contribution in [0.5, 0.6) is 0 Å². The van der Waals surface area contributed by atoms with Crippen molar-refractivity contribution < 1.29 is 4.79 Å². The maximum atomic E-state index is 12.5. The van der Waals surface area contributed by atoms with Crippen molar-refractivity contribution >= 4 is 5.91 Å². The average molecular weight is 326 g/mol. The van der Waals surface area contributed by atoms with Crippen molar-refractivity contribution in [3.63, 3.8) is 0 Å². The summed E-state index contributed by atoms with van der Waals surface area (Å²) in [5.41, 5.74) is 1.58. The van der Waals surface area contributed by atoms with Crippen LogP contribution in [0.4, 0.5) is 0 Å². The fourth-order valence-electron chi connectivity index (χ4n) is 5.35. The molecule has 3 nitrogen and oxygen atoms in total. The first kappa shape index (κ1) is 16.1.